The number of rotatable bonds is 4. The third-order valence-corrected chi connectivity index (χ3v) is 4.47. The first kappa shape index (κ1) is 12.4. The summed E-state index contributed by atoms with van der Waals surface area (Å²) in [6.45, 7) is 0.673. The van der Waals surface area contributed by atoms with Gasteiger partial charge in [0.05, 0.1) is 6.54 Å². The topological polar surface area (TPSA) is 51.0 Å². The molecule has 19 heavy (non-hydrogen) atoms. The van der Waals surface area contributed by atoms with E-state index in [1.165, 1.54) is 4.88 Å². The standard InChI is InChI=1S/C13H10BrN3OS/c14-10-6-7-19-11(10)8-15-13-16-12(18-17-13)9-4-2-1-3-5-9/h1-7H,8H2,(H,15,17). The van der Waals surface area contributed by atoms with Crippen LogP contribution in [0.15, 0.2) is 50.8 Å². The normalized spacial score (nSPS) is 10.6. The molecule has 1 N–H and O–H groups in total. The van der Waals surface area contributed by atoms with Gasteiger partial charge >= 0.3 is 0 Å². The predicted molar refractivity (Wildman–Crippen MR) is 79.1 cm³/mol. The first-order valence-electron chi connectivity index (χ1n) is 5.68. The molecule has 0 aliphatic carbocycles. The molecule has 0 fully saturated rings. The summed E-state index contributed by atoms with van der Waals surface area (Å²) >= 11 is 5.16. The molecule has 96 valence electrons. The zero-order chi connectivity index (χ0) is 13.1. The summed E-state index contributed by atoms with van der Waals surface area (Å²) in [5, 5.41) is 9.09. The van der Waals surface area contributed by atoms with Crippen molar-refractivity contribution < 1.29 is 4.52 Å². The zero-order valence-corrected chi connectivity index (χ0v) is 12.2. The summed E-state index contributed by atoms with van der Waals surface area (Å²) in [4.78, 5) is 5.51. The highest BCUT2D eigenvalue weighted by atomic mass is 79.9. The second kappa shape index (κ2) is 5.54. The fourth-order valence-electron chi connectivity index (χ4n) is 1.60. The molecule has 4 nitrogen and oxygen atoms in total. The van der Waals surface area contributed by atoms with Gasteiger partial charge in [0, 0.05) is 14.9 Å². The van der Waals surface area contributed by atoms with Crippen LogP contribution in [-0.4, -0.2) is 10.1 Å². The molecule has 0 bridgehead atoms. The van der Waals surface area contributed by atoms with Gasteiger partial charge in [-0.05, 0) is 44.7 Å². The second-order valence-corrected chi connectivity index (χ2v) is 5.69. The summed E-state index contributed by atoms with van der Waals surface area (Å²) in [7, 11) is 0. The van der Waals surface area contributed by atoms with Crippen molar-refractivity contribution >= 4 is 33.2 Å². The highest BCUT2D eigenvalue weighted by Crippen LogP contribution is 2.24. The van der Waals surface area contributed by atoms with Gasteiger partial charge in [0.1, 0.15) is 0 Å². The van der Waals surface area contributed by atoms with Crippen LogP contribution in [0.3, 0.4) is 0 Å². The van der Waals surface area contributed by atoms with Crippen LogP contribution in [0.4, 0.5) is 5.95 Å². The quantitative estimate of drug-likeness (QED) is 0.777. The van der Waals surface area contributed by atoms with Gasteiger partial charge in [-0.1, -0.05) is 18.2 Å². The van der Waals surface area contributed by atoms with Gasteiger partial charge in [0.2, 0.25) is 0 Å². The summed E-state index contributed by atoms with van der Waals surface area (Å²) in [6, 6.07) is 11.7. The number of thiophene rings is 1. The Balaban J connectivity index is 1.70. The molecule has 0 radical (unpaired) electrons. The maximum Gasteiger partial charge on any atom is 0.264 e. The molecular formula is C13H10BrN3OS. The van der Waals surface area contributed by atoms with Crippen LogP contribution in [0.1, 0.15) is 4.88 Å². The van der Waals surface area contributed by atoms with Crippen LogP contribution in [0, 0.1) is 0 Å². The monoisotopic (exact) mass is 335 g/mol. The number of hydrogen-bond donors (Lipinski definition) is 1. The summed E-state index contributed by atoms with van der Waals surface area (Å²) in [5.41, 5.74) is 0.917. The zero-order valence-electron chi connectivity index (χ0n) is 9.84. The lowest BCUT2D eigenvalue weighted by molar-refractivity contribution is 0.432. The van der Waals surface area contributed by atoms with Gasteiger partial charge in [0.25, 0.3) is 11.8 Å². The van der Waals surface area contributed by atoms with E-state index in [1.54, 1.807) is 11.3 Å². The van der Waals surface area contributed by atoms with E-state index in [0.717, 1.165) is 10.0 Å². The van der Waals surface area contributed by atoms with Crippen molar-refractivity contribution in [2.24, 2.45) is 0 Å². The smallest absolute Gasteiger partial charge is 0.264 e. The fraction of sp³-hybridized carbons (Fsp3) is 0.0769. The van der Waals surface area contributed by atoms with E-state index in [1.807, 2.05) is 41.8 Å². The van der Waals surface area contributed by atoms with E-state index in [4.69, 9.17) is 4.52 Å². The lowest BCUT2D eigenvalue weighted by atomic mass is 10.2. The number of anilines is 1. The van der Waals surface area contributed by atoms with E-state index in [9.17, 15) is 0 Å². The molecule has 3 rings (SSSR count). The highest BCUT2D eigenvalue weighted by molar-refractivity contribution is 9.10. The van der Waals surface area contributed by atoms with Crippen LogP contribution < -0.4 is 5.32 Å². The Morgan fingerprint density at radius 3 is 2.79 bits per heavy atom. The lowest BCUT2D eigenvalue weighted by Gasteiger charge is -1.98. The van der Waals surface area contributed by atoms with Gasteiger partial charge in [-0.2, -0.15) is 4.98 Å². The van der Waals surface area contributed by atoms with Crippen molar-refractivity contribution in [2.45, 2.75) is 6.54 Å². The first-order valence-corrected chi connectivity index (χ1v) is 7.35. The van der Waals surface area contributed by atoms with E-state index in [-0.39, 0.29) is 0 Å². The Kier molecular flexibility index (Phi) is 3.61. The molecule has 3 aromatic rings. The van der Waals surface area contributed by atoms with Crippen LogP contribution in [0.2, 0.25) is 0 Å². The minimum Gasteiger partial charge on any atom is -0.347 e. The molecule has 0 saturated carbocycles. The number of hydrogen-bond acceptors (Lipinski definition) is 5. The third kappa shape index (κ3) is 2.85. The maximum absolute atomic E-state index is 5.22. The lowest BCUT2D eigenvalue weighted by Crippen LogP contribution is -1.99. The van der Waals surface area contributed by atoms with Gasteiger partial charge in [-0.25, -0.2) is 0 Å². The average molecular weight is 336 g/mol. The minimum atomic E-state index is 0.499. The Hall–Kier alpha value is -1.66. The number of benzene rings is 1. The van der Waals surface area contributed by atoms with Gasteiger partial charge < -0.3 is 9.84 Å². The van der Waals surface area contributed by atoms with E-state index < -0.39 is 0 Å². The molecule has 1 aromatic carbocycles. The van der Waals surface area contributed by atoms with Crippen LogP contribution in [0.5, 0.6) is 0 Å². The van der Waals surface area contributed by atoms with Crippen molar-refractivity contribution in [1.82, 2.24) is 10.1 Å². The Bertz CT molecular complexity index is 665. The van der Waals surface area contributed by atoms with Gasteiger partial charge in [-0.3, -0.25) is 0 Å². The van der Waals surface area contributed by atoms with Gasteiger partial charge in [0.15, 0.2) is 0 Å². The SMILES string of the molecule is Brc1ccsc1CNc1noc(-c2ccccc2)n1. The van der Waals surface area contributed by atoms with E-state index >= 15 is 0 Å². The molecule has 0 aliphatic rings. The Morgan fingerprint density at radius 2 is 2.05 bits per heavy atom. The molecule has 0 unspecified atom stereocenters. The van der Waals surface area contributed by atoms with Crippen LogP contribution in [-0.2, 0) is 6.54 Å². The molecular weight excluding hydrogens is 326 g/mol. The predicted octanol–water partition coefficient (Wildman–Crippen LogP) is 4.17. The average Bonchev–Trinajstić information content (AvgIpc) is 3.06. The number of halogens is 1. The van der Waals surface area contributed by atoms with Crippen molar-refractivity contribution in [3.63, 3.8) is 0 Å². The minimum absolute atomic E-state index is 0.499. The third-order valence-electron chi connectivity index (χ3n) is 2.54. The highest BCUT2D eigenvalue weighted by Gasteiger charge is 2.08. The fourth-order valence-corrected chi connectivity index (χ4v) is 3.04. The van der Waals surface area contributed by atoms with Crippen molar-refractivity contribution in [3.8, 4) is 11.5 Å². The summed E-state index contributed by atoms with van der Waals surface area (Å²) < 4.78 is 6.31. The van der Waals surface area contributed by atoms with E-state index in [0.29, 0.717) is 18.4 Å². The number of aromatic nitrogens is 2. The van der Waals surface area contributed by atoms with Crippen molar-refractivity contribution in [1.29, 1.82) is 0 Å². The molecule has 0 amide bonds. The molecule has 2 aromatic heterocycles. The Morgan fingerprint density at radius 1 is 1.21 bits per heavy atom. The number of nitrogens with one attached hydrogen (secondary N) is 1. The van der Waals surface area contributed by atoms with Crippen LogP contribution >= 0.6 is 27.3 Å². The largest absolute Gasteiger partial charge is 0.347 e. The molecule has 2 heterocycles. The molecule has 0 atom stereocenters. The summed E-state index contributed by atoms with van der Waals surface area (Å²) in [5.74, 6) is 1.02. The number of nitrogens with zero attached hydrogens (tertiary/aromatic N) is 2. The molecule has 0 saturated heterocycles. The van der Waals surface area contributed by atoms with E-state index in [2.05, 4.69) is 31.4 Å². The summed E-state index contributed by atoms with van der Waals surface area (Å²) in [6.07, 6.45) is 0. The van der Waals surface area contributed by atoms with Crippen molar-refractivity contribution in [2.75, 3.05) is 5.32 Å². The maximum atomic E-state index is 5.22. The van der Waals surface area contributed by atoms with Gasteiger partial charge in [-0.15, -0.1) is 11.3 Å². The first-order chi connectivity index (χ1) is 9.33. The second-order valence-electron chi connectivity index (χ2n) is 3.83. The Labute approximate surface area is 122 Å². The molecule has 0 aliphatic heterocycles. The van der Waals surface area contributed by atoms with Crippen molar-refractivity contribution in [3.05, 3.63) is 51.1 Å². The molecule has 6 heteroatoms. The molecule has 0 spiro atoms. The van der Waals surface area contributed by atoms with Crippen LogP contribution in [0.25, 0.3) is 11.5 Å².